The molecule has 0 saturated carbocycles. The molecule has 0 bridgehead atoms. The van der Waals surface area contributed by atoms with Crippen LogP contribution in [-0.2, 0) is 11.3 Å². The van der Waals surface area contributed by atoms with Crippen LogP contribution in [0.25, 0.3) is 0 Å². The second kappa shape index (κ2) is 4.95. The van der Waals surface area contributed by atoms with E-state index < -0.39 is 0 Å². The number of amides is 1. The van der Waals surface area contributed by atoms with E-state index in [4.69, 9.17) is 17.3 Å². The molecule has 3 N–H and O–H groups in total. The minimum Gasteiger partial charge on any atom is -0.369 e. The van der Waals surface area contributed by atoms with Crippen molar-refractivity contribution < 1.29 is 4.79 Å². The molecule has 0 atom stereocenters. The van der Waals surface area contributed by atoms with Gasteiger partial charge in [0, 0.05) is 15.9 Å². The van der Waals surface area contributed by atoms with E-state index in [9.17, 15) is 4.79 Å². The Labute approximate surface area is 93.4 Å². The van der Waals surface area contributed by atoms with Gasteiger partial charge in [-0.25, -0.2) is 0 Å². The zero-order valence-corrected chi connectivity index (χ0v) is 9.80. The summed E-state index contributed by atoms with van der Waals surface area (Å²) in [5.74, 6) is -0.360. The monoisotopic (exact) mass is 282 g/mol. The van der Waals surface area contributed by atoms with E-state index in [1.54, 1.807) is 0 Å². The Hall–Kier alpha value is -0.100. The van der Waals surface area contributed by atoms with E-state index in [0.29, 0.717) is 6.54 Å². The Balaban J connectivity index is 2.41. The Bertz CT molecular complexity index is 296. The van der Waals surface area contributed by atoms with Gasteiger partial charge in [0.2, 0.25) is 5.91 Å². The number of primary amides is 1. The standard InChI is InChI=1S/C7H8BrClN2OS/c8-5-1-4(13-7(5)9)2-11-3-6(10)12/h1,11H,2-3H2,(H2,10,12). The summed E-state index contributed by atoms with van der Waals surface area (Å²) in [6.07, 6.45) is 0. The van der Waals surface area contributed by atoms with Crippen molar-refractivity contribution >= 4 is 44.8 Å². The number of nitrogens with two attached hydrogens (primary N) is 1. The number of rotatable bonds is 4. The molecule has 1 aromatic rings. The van der Waals surface area contributed by atoms with Crippen molar-refractivity contribution in [2.24, 2.45) is 5.73 Å². The summed E-state index contributed by atoms with van der Waals surface area (Å²) in [7, 11) is 0. The smallest absolute Gasteiger partial charge is 0.231 e. The van der Waals surface area contributed by atoms with Crippen molar-refractivity contribution in [1.82, 2.24) is 5.32 Å². The van der Waals surface area contributed by atoms with E-state index in [1.807, 2.05) is 6.07 Å². The summed E-state index contributed by atoms with van der Waals surface area (Å²) < 4.78 is 1.60. The topological polar surface area (TPSA) is 55.1 Å². The zero-order chi connectivity index (χ0) is 9.84. The summed E-state index contributed by atoms with van der Waals surface area (Å²) in [5.41, 5.74) is 4.96. The largest absolute Gasteiger partial charge is 0.369 e. The molecule has 0 aromatic carbocycles. The molecule has 6 heteroatoms. The Morgan fingerprint density at radius 1 is 1.77 bits per heavy atom. The molecule has 0 aliphatic rings. The van der Waals surface area contributed by atoms with Gasteiger partial charge in [0.1, 0.15) is 4.34 Å². The normalized spacial score (nSPS) is 10.3. The lowest BCUT2D eigenvalue weighted by molar-refractivity contribution is -0.117. The minimum absolute atomic E-state index is 0.188. The van der Waals surface area contributed by atoms with Gasteiger partial charge in [0.25, 0.3) is 0 Å². The fourth-order valence-electron chi connectivity index (χ4n) is 0.787. The number of nitrogens with one attached hydrogen (secondary N) is 1. The fourth-order valence-corrected chi connectivity index (χ4v) is 2.55. The average Bonchev–Trinajstić information content (AvgIpc) is 2.30. The van der Waals surface area contributed by atoms with Gasteiger partial charge in [-0.2, -0.15) is 0 Å². The Morgan fingerprint density at radius 3 is 2.92 bits per heavy atom. The van der Waals surface area contributed by atoms with E-state index in [0.717, 1.165) is 13.7 Å². The maximum Gasteiger partial charge on any atom is 0.231 e. The van der Waals surface area contributed by atoms with Crippen molar-refractivity contribution in [3.63, 3.8) is 0 Å². The number of hydrogen-bond acceptors (Lipinski definition) is 3. The lowest BCUT2D eigenvalue weighted by atomic mass is 10.4. The maximum absolute atomic E-state index is 10.4. The summed E-state index contributed by atoms with van der Waals surface area (Å²) >= 11 is 10.6. The lowest BCUT2D eigenvalue weighted by Crippen LogP contribution is -2.27. The van der Waals surface area contributed by atoms with E-state index in [1.165, 1.54) is 11.3 Å². The van der Waals surface area contributed by atoms with Crippen LogP contribution >= 0.6 is 38.9 Å². The van der Waals surface area contributed by atoms with Crippen LogP contribution in [0, 0.1) is 0 Å². The quantitative estimate of drug-likeness (QED) is 0.884. The Kier molecular flexibility index (Phi) is 4.18. The molecule has 72 valence electrons. The van der Waals surface area contributed by atoms with Crippen molar-refractivity contribution in [3.8, 4) is 0 Å². The average molecular weight is 284 g/mol. The first kappa shape index (κ1) is 11.0. The van der Waals surface area contributed by atoms with Crippen LogP contribution < -0.4 is 11.1 Å². The third-order valence-electron chi connectivity index (χ3n) is 1.29. The SMILES string of the molecule is NC(=O)CNCc1cc(Br)c(Cl)s1. The van der Waals surface area contributed by atoms with E-state index in [2.05, 4.69) is 21.2 Å². The maximum atomic E-state index is 10.4. The first-order valence-electron chi connectivity index (χ1n) is 3.52. The molecule has 13 heavy (non-hydrogen) atoms. The molecule has 3 nitrogen and oxygen atoms in total. The minimum atomic E-state index is -0.360. The van der Waals surface area contributed by atoms with Gasteiger partial charge in [-0.1, -0.05) is 11.6 Å². The molecule has 1 heterocycles. The van der Waals surface area contributed by atoms with E-state index in [-0.39, 0.29) is 12.5 Å². The summed E-state index contributed by atoms with van der Waals surface area (Å²) in [4.78, 5) is 11.5. The molecule has 0 aliphatic heterocycles. The number of halogens is 2. The molecule has 0 saturated heterocycles. The molecule has 0 fully saturated rings. The third-order valence-corrected chi connectivity index (χ3v) is 3.77. The molecule has 0 aliphatic carbocycles. The highest BCUT2D eigenvalue weighted by atomic mass is 79.9. The van der Waals surface area contributed by atoms with Crippen molar-refractivity contribution in [1.29, 1.82) is 0 Å². The van der Waals surface area contributed by atoms with Crippen LogP contribution in [0.2, 0.25) is 4.34 Å². The predicted octanol–water partition coefficient (Wildman–Crippen LogP) is 1.74. The summed E-state index contributed by atoms with van der Waals surface area (Å²) in [6.45, 7) is 0.798. The van der Waals surface area contributed by atoms with Gasteiger partial charge < -0.3 is 11.1 Å². The molecular formula is C7H8BrClN2OS. The van der Waals surface area contributed by atoms with Crippen molar-refractivity contribution in [2.45, 2.75) is 6.54 Å². The van der Waals surface area contributed by atoms with Crippen LogP contribution in [0.1, 0.15) is 4.88 Å². The first-order valence-corrected chi connectivity index (χ1v) is 5.51. The lowest BCUT2D eigenvalue weighted by Gasteiger charge is -1.97. The van der Waals surface area contributed by atoms with Crippen LogP contribution in [0.5, 0.6) is 0 Å². The van der Waals surface area contributed by atoms with Crippen LogP contribution in [0.3, 0.4) is 0 Å². The summed E-state index contributed by atoms with van der Waals surface area (Å²) in [6, 6.07) is 1.92. The number of carbonyl (C=O) groups excluding carboxylic acids is 1. The van der Waals surface area contributed by atoms with Crippen molar-refractivity contribution in [3.05, 3.63) is 19.8 Å². The highest BCUT2D eigenvalue weighted by molar-refractivity contribution is 9.10. The number of thiophene rings is 1. The molecule has 0 spiro atoms. The second-order valence-electron chi connectivity index (χ2n) is 2.40. The summed E-state index contributed by atoms with van der Waals surface area (Å²) in [5, 5.41) is 2.90. The molecule has 1 aromatic heterocycles. The highest BCUT2D eigenvalue weighted by Gasteiger charge is 2.03. The molecular weight excluding hydrogens is 276 g/mol. The van der Waals surface area contributed by atoms with Gasteiger partial charge in [0.05, 0.1) is 6.54 Å². The number of hydrogen-bond donors (Lipinski definition) is 2. The highest BCUT2D eigenvalue weighted by Crippen LogP contribution is 2.31. The van der Waals surface area contributed by atoms with Gasteiger partial charge in [-0.3, -0.25) is 4.79 Å². The Morgan fingerprint density at radius 2 is 2.46 bits per heavy atom. The van der Waals surface area contributed by atoms with Gasteiger partial charge >= 0.3 is 0 Å². The van der Waals surface area contributed by atoms with Crippen LogP contribution in [-0.4, -0.2) is 12.5 Å². The van der Waals surface area contributed by atoms with Crippen molar-refractivity contribution in [2.75, 3.05) is 6.54 Å². The zero-order valence-electron chi connectivity index (χ0n) is 6.64. The van der Waals surface area contributed by atoms with Gasteiger partial charge in [-0.05, 0) is 22.0 Å². The second-order valence-corrected chi connectivity index (χ2v) is 5.00. The predicted molar refractivity (Wildman–Crippen MR) is 57.9 cm³/mol. The van der Waals surface area contributed by atoms with Crippen LogP contribution in [0.4, 0.5) is 0 Å². The fraction of sp³-hybridized carbons (Fsp3) is 0.286. The third kappa shape index (κ3) is 3.64. The molecule has 0 unspecified atom stereocenters. The molecule has 0 radical (unpaired) electrons. The number of carbonyl (C=O) groups is 1. The van der Waals surface area contributed by atoms with E-state index >= 15 is 0 Å². The van der Waals surface area contributed by atoms with Gasteiger partial charge in [0.15, 0.2) is 0 Å². The first-order chi connectivity index (χ1) is 6.09. The van der Waals surface area contributed by atoms with Crippen LogP contribution in [0.15, 0.2) is 10.5 Å². The molecule has 1 rings (SSSR count). The van der Waals surface area contributed by atoms with Gasteiger partial charge in [-0.15, -0.1) is 11.3 Å². The molecule has 1 amide bonds.